The van der Waals surface area contributed by atoms with Crippen LogP contribution in [0.25, 0.3) is 0 Å². The fraction of sp³-hybridized carbons (Fsp3) is 0.467. The number of carbonyl (C=O) groups excluding carboxylic acids is 2. The van der Waals surface area contributed by atoms with Crippen LogP contribution in [-0.2, 0) is 9.53 Å². The number of phenols is 1. The van der Waals surface area contributed by atoms with Crippen LogP contribution in [0.2, 0.25) is 0 Å². The molecule has 0 aliphatic rings. The first-order chi connectivity index (χ1) is 10.0. The van der Waals surface area contributed by atoms with Crippen LogP contribution < -0.4 is 4.74 Å². The average Bonchev–Trinajstić information content (AvgIpc) is 2.47. The third kappa shape index (κ3) is 4.66. The van der Waals surface area contributed by atoms with Gasteiger partial charge in [-0.1, -0.05) is 6.92 Å². The number of amides is 1. The molecule has 0 unspecified atom stereocenters. The van der Waals surface area contributed by atoms with Crippen LogP contribution in [0.15, 0.2) is 18.2 Å². The zero-order chi connectivity index (χ0) is 15.8. The first kappa shape index (κ1) is 16.8. The topological polar surface area (TPSA) is 76.1 Å². The molecule has 0 atom stereocenters. The molecule has 116 valence electrons. The zero-order valence-corrected chi connectivity index (χ0v) is 12.6. The van der Waals surface area contributed by atoms with Gasteiger partial charge in [-0.25, -0.2) is 0 Å². The number of aromatic hydroxyl groups is 1. The maximum absolute atomic E-state index is 12.5. The van der Waals surface area contributed by atoms with Crippen molar-refractivity contribution in [2.24, 2.45) is 0 Å². The molecule has 0 aromatic heterocycles. The summed E-state index contributed by atoms with van der Waals surface area (Å²) in [6.45, 7) is 4.12. The summed E-state index contributed by atoms with van der Waals surface area (Å²) in [5.41, 5.74) is 0.104. The Morgan fingerprint density at radius 2 is 2.00 bits per heavy atom. The normalized spacial score (nSPS) is 10.0. The van der Waals surface area contributed by atoms with E-state index < -0.39 is 11.9 Å². The molecule has 0 heterocycles. The molecule has 1 aromatic rings. The van der Waals surface area contributed by atoms with Crippen molar-refractivity contribution in [1.29, 1.82) is 0 Å². The molecular weight excluding hydrogens is 274 g/mol. The van der Waals surface area contributed by atoms with Gasteiger partial charge in [0.1, 0.15) is 18.0 Å². The highest BCUT2D eigenvalue weighted by atomic mass is 16.5. The lowest BCUT2D eigenvalue weighted by atomic mass is 10.1. The summed E-state index contributed by atoms with van der Waals surface area (Å²) in [6, 6.07) is 4.40. The highest BCUT2D eigenvalue weighted by molar-refractivity contribution is 5.98. The minimum Gasteiger partial charge on any atom is -0.507 e. The third-order valence-electron chi connectivity index (χ3n) is 2.84. The Labute approximate surface area is 124 Å². The molecule has 1 N–H and O–H groups in total. The summed E-state index contributed by atoms with van der Waals surface area (Å²) >= 11 is 0. The van der Waals surface area contributed by atoms with Gasteiger partial charge in [0, 0.05) is 6.54 Å². The molecule has 1 amide bonds. The van der Waals surface area contributed by atoms with Gasteiger partial charge in [0.25, 0.3) is 5.91 Å². The Hall–Kier alpha value is -2.24. The van der Waals surface area contributed by atoms with E-state index in [0.29, 0.717) is 18.7 Å². The Morgan fingerprint density at radius 3 is 2.57 bits per heavy atom. The van der Waals surface area contributed by atoms with E-state index in [1.54, 1.807) is 13.0 Å². The van der Waals surface area contributed by atoms with Gasteiger partial charge in [0.05, 0.1) is 19.3 Å². The first-order valence-electron chi connectivity index (χ1n) is 6.85. The summed E-state index contributed by atoms with van der Waals surface area (Å²) in [5, 5.41) is 9.84. The molecule has 0 bridgehead atoms. The molecule has 1 aromatic carbocycles. The number of esters is 1. The second-order valence-corrected chi connectivity index (χ2v) is 4.41. The lowest BCUT2D eigenvalue weighted by molar-refractivity contribution is -0.143. The van der Waals surface area contributed by atoms with E-state index in [9.17, 15) is 14.7 Å². The minimum absolute atomic E-state index is 0.104. The number of carbonyl (C=O) groups is 2. The predicted octanol–water partition coefficient (Wildman–Crippen LogP) is 1.82. The quantitative estimate of drug-likeness (QED) is 0.776. The maximum atomic E-state index is 12.5. The second-order valence-electron chi connectivity index (χ2n) is 4.41. The number of benzene rings is 1. The predicted molar refractivity (Wildman–Crippen MR) is 77.5 cm³/mol. The van der Waals surface area contributed by atoms with Crippen molar-refractivity contribution in [3.05, 3.63) is 23.8 Å². The van der Waals surface area contributed by atoms with Gasteiger partial charge in [0.2, 0.25) is 0 Å². The number of ether oxygens (including phenoxy) is 2. The Kier molecular flexibility index (Phi) is 6.52. The van der Waals surface area contributed by atoms with Crippen molar-refractivity contribution >= 4 is 11.9 Å². The molecule has 0 spiro atoms. The number of methoxy groups -OCH3 is 1. The number of hydrogen-bond acceptors (Lipinski definition) is 5. The van der Waals surface area contributed by atoms with Gasteiger partial charge < -0.3 is 19.5 Å². The van der Waals surface area contributed by atoms with Crippen molar-refractivity contribution in [2.75, 3.05) is 26.8 Å². The van der Waals surface area contributed by atoms with Gasteiger partial charge in [-0.05, 0) is 31.5 Å². The molecule has 0 fully saturated rings. The molecule has 0 saturated heterocycles. The van der Waals surface area contributed by atoms with Crippen molar-refractivity contribution in [3.8, 4) is 11.5 Å². The molecule has 0 radical (unpaired) electrons. The van der Waals surface area contributed by atoms with Gasteiger partial charge in [0.15, 0.2) is 0 Å². The Balaban J connectivity index is 2.97. The van der Waals surface area contributed by atoms with E-state index in [2.05, 4.69) is 0 Å². The molecule has 6 nitrogen and oxygen atoms in total. The largest absolute Gasteiger partial charge is 0.507 e. The molecule has 0 aliphatic carbocycles. The Morgan fingerprint density at radius 1 is 1.29 bits per heavy atom. The molecule has 1 rings (SSSR count). The van der Waals surface area contributed by atoms with Crippen LogP contribution in [0.5, 0.6) is 11.5 Å². The lowest BCUT2D eigenvalue weighted by Crippen LogP contribution is -2.37. The van der Waals surface area contributed by atoms with E-state index in [-0.39, 0.29) is 24.5 Å². The van der Waals surface area contributed by atoms with Gasteiger partial charge in [-0.15, -0.1) is 0 Å². The van der Waals surface area contributed by atoms with Crippen molar-refractivity contribution in [2.45, 2.75) is 20.3 Å². The first-order valence-corrected chi connectivity index (χ1v) is 6.85. The fourth-order valence-corrected chi connectivity index (χ4v) is 1.87. The highest BCUT2D eigenvalue weighted by Gasteiger charge is 2.22. The summed E-state index contributed by atoms with van der Waals surface area (Å²) in [7, 11) is 1.48. The average molecular weight is 295 g/mol. The van der Waals surface area contributed by atoms with E-state index in [4.69, 9.17) is 9.47 Å². The van der Waals surface area contributed by atoms with Crippen LogP contribution in [0.1, 0.15) is 30.6 Å². The minimum atomic E-state index is -0.471. The molecular formula is C15H21NO5. The van der Waals surface area contributed by atoms with E-state index in [0.717, 1.165) is 0 Å². The second kappa shape index (κ2) is 8.14. The number of rotatable bonds is 7. The summed E-state index contributed by atoms with van der Waals surface area (Å²) in [5.74, 6) is -0.586. The number of hydrogen-bond donors (Lipinski definition) is 1. The van der Waals surface area contributed by atoms with Crippen LogP contribution in [0.4, 0.5) is 0 Å². The maximum Gasteiger partial charge on any atom is 0.325 e. The Bertz CT molecular complexity index is 501. The summed E-state index contributed by atoms with van der Waals surface area (Å²) in [4.78, 5) is 25.4. The third-order valence-corrected chi connectivity index (χ3v) is 2.84. The van der Waals surface area contributed by atoms with Gasteiger partial charge in [-0.2, -0.15) is 0 Å². The number of nitrogens with zero attached hydrogens (tertiary/aromatic N) is 1. The highest BCUT2D eigenvalue weighted by Crippen LogP contribution is 2.24. The smallest absolute Gasteiger partial charge is 0.325 e. The zero-order valence-electron chi connectivity index (χ0n) is 12.6. The van der Waals surface area contributed by atoms with Crippen LogP contribution in [0, 0.1) is 0 Å². The molecule has 6 heteroatoms. The van der Waals surface area contributed by atoms with Crippen LogP contribution >= 0.6 is 0 Å². The van der Waals surface area contributed by atoms with Crippen LogP contribution in [-0.4, -0.2) is 48.7 Å². The molecule has 0 aliphatic heterocycles. The van der Waals surface area contributed by atoms with Gasteiger partial charge >= 0.3 is 5.97 Å². The summed E-state index contributed by atoms with van der Waals surface area (Å²) in [6.07, 6.45) is 0.690. The van der Waals surface area contributed by atoms with Crippen molar-refractivity contribution in [3.63, 3.8) is 0 Å². The van der Waals surface area contributed by atoms with E-state index in [1.165, 1.54) is 24.1 Å². The summed E-state index contributed by atoms with van der Waals surface area (Å²) < 4.78 is 9.91. The van der Waals surface area contributed by atoms with Crippen LogP contribution in [0.3, 0.4) is 0 Å². The van der Waals surface area contributed by atoms with Crippen molar-refractivity contribution < 1.29 is 24.2 Å². The number of phenolic OH excluding ortho intramolecular Hbond substituents is 1. The molecule has 21 heavy (non-hydrogen) atoms. The fourth-order valence-electron chi connectivity index (χ4n) is 1.87. The van der Waals surface area contributed by atoms with E-state index >= 15 is 0 Å². The molecule has 0 saturated carbocycles. The monoisotopic (exact) mass is 295 g/mol. The SMILES string of the molecule is CCCN(CC(=O)OCC)C(=O)c1cc(OC)ccc1O. The van der Waals surface area contributed by atoms with E-state index in [1.807, 2.05) is 6.92 Å². The lowest BCUT2D eigenvalue weighted by Gasteiger charge is -2.21. The van der Waals surface area contributed by atoms with Gasteiger partial charge in [-0.3, -0.25) is 9.59 Å². The van der Waals surface area contributed by atoms with Crippen molar-refractivity contribution in [1.82, 2.24) is 4.90 Å². The standard InChI is InChI=1S/C15H21NO5/c1-4-8-16(10-14(18)21-5-2)15(19)12-9-11(20-3)6-7-13(12)17/h6-7,9,17H,4-5,8,10H2,1-3H3.